The number of nitrogens with one attached hydrogen (secondary N) is 1. The fourth-order valence-electron chi connectivity index (χ4n) is 1.70. The zero-order valence-corrected chi connectivity index (χ0v) is 11.0. The van der Waals surface area contributed by atoms with E-state index in [1.165, 1.54) is 18.4 Å². The van der Waals surface area contributed by atoms with E-state index in [4.69, 9.17) is 0 Å². The second-order valence-electron chi connectivity index (χ2n) is 3.81. The first-order chi connectivity index (χ1) is 8.63. The number of rotatable bonds is 3. The Morgan fingerprint density at radius 2 is 2.06 bits per heavy atom. The number of carbonyl (C=O) groups is 2. The number of hydrogen-bond acceptors (Lipinski definition) is 4. The van der Waals surface area contributed by atoms with Crippen molar-refractivity contribution in [3.05, 3.63) is 34.7 Å². The van der Waals surface area contributed by atoms with Crippen molar-refractivity contribution in [3.63, 3.8) is 0 Å². The van der Waals surface area contributed by atoms with Crippen LogP contribution in [0.5, 0.6) is 0 Å². The lowest BCUT2D eigenvalue weighted by atomic mass is 10.1. The van der Waals surface area contributed by atoms with Crippen LogP contribution in [0.1, 0.15) is 15.2 Å². The van der Waals surface area contributed by atoms with Gasteiger partial charge in [0.2, 0.25) is 0 Å². The van der Waals surface area contributed by atoms with Crippen LogP contribution in [0.2, 0.25) is 0 Å². The molecule has 0 unspecified atom stereocenters. The first-order valence-corrected chi connectivity index (χ1v) is 6.28. The van der Waals surface area contributed by atoms with Crippen molar-refractivity contribution in [1.82, 2.24) is 5.32 Å². The molecule has 4 nitrogen and oxygen atoms in total. The number of thiophene rings is 1. The highest BCUT2D eigenvalue weighted by Crippen LogP contribution is 2.30. The van der Waals surface area contributed by atoms with E-state index in [2.05, 4.69) is 10.1 Å². The lowest BCUT2D eigenvalue weighted by Crippen LogP contribution is -2.29. The van der Waals surface area contributed by atoms with E-state index in [0.29, 0.717) is 4.88 Å². The van der Waals surface area contributed by atoms with Gasteiger partial charge < -0.3 is 10.1 Å². The molecule has 94 valence electrons. The molecular weight excluding hydrogens is 250 g/mol. The van der Waals surface area contributed by atoms with Gasteiger partial charge in [-0.2, -0.15) is 0 Å². The van der Waals surface area contributed by atoms with Crippen LogP contribution in [0.15, 0.2) is 24.3 Å². The number of aryl methyl sites for hydroxylation is 1. The Bertz CT molecular complexity index is 603. The number of ether oxygens (including phenoxy) is 1. The molecule has 18 heavy (non-hydrogen) atoms. The molecule has 1 aromatic carbocycles. The van der Waals surface area contributed by atoms with E-state index < -0.39 is 5.97 Å². The highest BCUT2D eigenvalue weighted by molar-refractivity contribution is 7.21. The van der Waals surface area contributed by atoms with Crippen LogP contribution in [0.4, 0.5) is 0 Å². The van der Waals surface area contributed by atoms with Crippen molar-refractivity contribution in [2.75, 3.05) is 13.7 Å². The van der Waals surface area contributed by atoms with Gasteiger partial charge in [0.15, 0.2) is 0 Å². The molecular formula is C13H13NO3S. The molecule has 0 aliphatic carbocycles. The average Bonchev–Trinajstić information content (AvgIpc) is 2.73. The van der Waals surface area contributed by atoms with E-state index in [1.54, 1.807) is 0 Å². The molecule has 0 atom stereocenters. The quantitative estimate of drug-likeness (QED) is 0.863. The molecule has 1 heterocycles. The Morgan fingerprint density at radius 3 is 2.72 bits per heavy atom. The predicted octanol–water partition coefficient (Wildman–Crippen LogP) is 2.11. The lowest BCUT2D eigenvalue weighted by molar-refractivity contribution is -0.139. The summed E-state index contributed by atoms with van der Waals surface area (Å²) >= 11 is 1.43. The van der Waals surface area contributed by atoms with Crippen LogP contribution >= 0.6 is 11.3 Å². The number of hydrogen-bond donors (Lipinski definition) is 1. The van der Waals surface area contributed by atoms with Crippen LogP contribution in [0, 0.1) is 6.92 Å². The van der Waals surface area contributed by atoms with Gasteiger partial charge in [0.05, 0.1) is 12.0 Å². The Morgan fingerprint density at radius 1 is 1.33 bits per heavy atom. The van der Waals surface area contributed by atoms with E-state index in [1.807, 2.05) is 31.2 Å². The monoisotopic (exact) mass is 263 g/mol. The summed E-state index contributed by atoms with van der Waals surface area (Å²) in [4.78, 5) is 23.6. The molecule has 1 aromatic heterocycles. The maximum Gasteiger partial charge on any atom is 0.325 e. The summed E-state index contributed by atoms with van der Waals surface area (Å²) in [5.41, 5.74) is 0.943. The van der Waals surface area contributed by atoms with Crippen molar-refractivity contribution in [1.29, 1.82) is 0 Å². The Kier molecular flexibility index (Phi) is 3.62. The van der Waals surface area contributed by atoms with E-state index >= 15 is 0 Å². The Balaban J connectivity index is 2.23. The molecule has 0 saturated heterocycles. The van der Waals surface area contributed by atoms with Crippen molar-refractivity contribution >= 4 is 33.3 Å². The Hall–Kier alpha value is -1.88. The highest BCUT2D eigenvalue weighted by atomic mass is 32.1. The molecule has 2 aromatic rings. The van der Waals surface area contributed by atoms with Crippen LogP contribution in [0.25, 0.3) is 10.1 Å². The molecule has 5 heteroatoms. The first kappa shape index (κ1) is 12.6. The van der Waals surface area contributed by atoms with Crippen molar-refractivity contribution in [2.45, 2.75) is 6.92 Å². The topological polar surface area (TPSA) is 55.4 Å². The number of methoxy groups -OCH3 is 1. The van der Waals surface area contributed by atoms with Crippen molar-refractivity contribution in [3.8, 4) is 0 Å². The first-order valence-electron chi connectivity index (χ1n) is 5.46. The van der Waals surface area contributed by atoms with Crippen LogP contribution in [-0.2, 0) is 9.53 Å². The molecule has 0 radical (unpaired) electrons. The SMILES string of the molecule is COC(=O)CNC(=O)c1sc2ccccc2c1C. The number of amides is 1. The molecule has 0 aliphatic heterocycles. The fourth-order valence-corrected chi connectivity index (χ4v) is 2.82. The minimum Gasteiger partial charge on any atom is -0.468 e. The van der Waals surface area contributed by atoms with Crippen LogP contribution in [0.3, 0.4) is 0 Å². The molecule has 0 spiro atoms. The van der Waals surface area contributed by atoms with Crippen LogP contribution < -0.4 is 5.32 Å². The van der Waals surface area contributed by atoms with E-state index in [9.17, 15) is 9.59 Å². The Labute approximate surface area is 109 Å². The molecule has 1 amide bonds. The zero-order valence-electron chi connectivity index (χ0n) is 10.1. The average molecular weight is 263 g/mol. The zero-order chi connectivity index (χ0) is 13.1. The molecule has 0 bridgehead atoms. The van der Waals surface area contributed by atoms with Crippen LogP contribution in [-0.4, -0.2) is 25.5 Å². The predicted molar refractivity (Wildman–Crippen MR) is 70.9 cm³/mol. The minimum atomic E-state index is -0.456. The summed E-state index contributed by atoms with van der Waals surface area (Å²) in [6, 6.07) is 7.84. The standard InChI is InChI=1S/C13H13NO3S/c1-8-9-5-3-4-6-10(9)18-12(8)13(16)14-7-11(15)17-2/h3-6H,7H2,1-2H3,(H,14,16). The molecule has 0 fully saturated rings. The largest absolute Gasteiger partial charge is 0.468 e. The van der Waals surface area contributed by atoms with Crippen molar-refractivity contribution in [2.24, 2.45) is 0 Å². The van der Waals surface area contributed by atoms with Gasteiger partial charge in [-0.05, 0) is 23.9 Å². The summed E-state index contributed by atoms with van der Waals surface area (Å²) in [6.45, 7) is 1.80. The van der Waals surface area contributed by atoms with Gasteiger partial charge in [0.1, 0.15) is 6.54 Å². The summed E-state index contributed by atoms with van der Waals surface area (Å²) in [5, 5.41) is 3.62. The number of carbonyl (C=O) groups excluding carboxylic acids is 2. The summed E-state index contributed by atoms with van der Waals surface area (Å²) in [5.74, 6) is -0.693. The van der Waals surface area contributed by atoms with Gasteiger partial charge in [0.25, 0.3) is 5.91 Å². The second kappa shape index (κ2) is 5.18. The van der Waals surface area contributed by atoms with E-state index in [0.717, 1.165) is 15.6 Å². The number of fused-ring (bicyclic) bond motifs is 1. The fraction of sp³-hybridized carbons (Fsp3) is 0.231. The van der Waals surface area contributed by atoms with Gasteiger partial charge in [0, 0.05) is 4.70 Å². The van der Waals surface area contributed by atoms with Gasteiger partial charge in [-0.1, -0.05) is 18.2 Å². The maximum atomic E-state index is 11.9. The normalized spacial score (nSPS) is 10.3. The van der Waals surface area contributed by atoms with Gasteiger partial charge >= 0.3 is 5.97 Å². The third kappa shape index (κ3) is 2.36. The maximum absolute atomic E-state index is 11.9. The molecule has 2 rings (SSSR count). The third-order valence-electron chi connectivity index (χ3n) is 2.67. The van der Waals surface area contributed by atoms with Gasteiger partial charge in [-0.15, -0.1) is 11.3 Å². The lowest BCUT2D eigenvalue weighted by Gasteiger charge is -2.02. The summed E-state index contributed by atoms with van der Waals surface area (Å²) in [7, 11) is 1.29. The highest BCUT2D eigenvalue weighted by Gasteiger charge is 2.15. The minimum absolute atomic E-state index is 0.108. The summed E-state index contributed by atoms with van der Waals surface area (Å²) in [6.07, 6.45) is 0. The van der Waals surface area contributed by atoms with Crippen molar-refractivity contribution < 1.29 is 14.3 Å². The molecule has 0 aliphatic rings. The molecule has 1 N–H and O–H groups in total. The number of benzene rings is 1. The van der Waals surface area contributed by atoms with Gasteiger partial charge in [-0.25, -0.2) is 0 Å². The number of esters is 1. The second-order valence-corrected chi connectivity index (χ2v) is 4.86. The summed E-state index contributed by atoms with van der Waals surface area (Å²) < 4.78 is 5.54. The third-order valence-corrected chi connectivity index (χ3v) is 3.94. The molecule has 0 saturated carbocycles. The van der Waals surface area contributed by atoms with Gasteiger partial charge in [-0.3, -0.25) is 9.59 Å². The van der Waals surface area contributed by atoms with E-state index in [-0.39, 0.29) is 12.5 Å². The smallest absolute Gasteiger partial charge is 0.325 e.